The van der Waals surface area contributed by atoms with Gasteiger partial charge in [0.15, 0.2) is 0 Å². The van der Waals surface area contributed by atoms with E-state index in [0.29, 0.717) is 11.3 Å². The van der Waals surface area contributed by atoms with Gasteiger partial charge in [-0.1, -0.05) is 0 Å². The van der Waals surface area contributed by atoms with Crippen molar-refractivity contribution < 1.29 is 19.0 Å². The number of halogens is 1. The molecule has 0 saturated carbocycles. The van der Waals surface area contributed by atoms with Gasteiger partial charge in [-0.05, 0) is 30.5 Å². The second kappa shape index (κ2) is 4.77. The molecule has 4 heteroatoms. The third-order valence-corrected chi connectivity index (χ3v) is 2.17. The number of benzene rings is 1. The summed E-state index contributed by atoms with van der Waals surface area (Å²) in [5.41, 5.74) is 1.22. The van der Waals surface area contributed by atoms with Crippen molar-refractivity contribution >= 4 is 5.97 Å². The molecule has 1 aromatic rings. The first-order valence-electron chi connectivity index (χ1n) is 4.59. The fourth-order valence-electron chi connectivity index (χ4n) is 1.38. The van der Waals surface area contributed by atoms with E-state index in [1.54, 1.807) is 13.0 Å². The van der Waals surface area contributed by atoms with E-state index in [4.69, 9.17) is 9.84 Å². The van der Waals surface area contributed by atoms with Crippen LogP contribution >= 0.6 is 0 Å². The van der Waals surface area contributed by atoms with Crippen molar-refractivity contribution in [1.82, 2.24) is 0 Å². The van der Waals surface area contributed by atoms with Crippen molar-refractivity contribution in [2.75, 3.05) is 7.11 Å². The van der Waals surface area contributed by atoms with Gasteiger partial charge >= 0.3 is 5.97 Å². The van der Waals surface area contributed by atoms with Crippen LogP contribution in [0, 0.1) is 12.7 Å². The van der Waals surface area contributed by atoms with Gasteiger partial charge in [0, 0.05) is 12.5 Å². The van der Waals surface area contributed by atoms with Crippen LogP contribution in [-0.2, 0) is 11.2 Å². The minimum absolute atomic E-state index is 0.0668. The van der Waals surface area contributed by atoms with Crippen molar-refractivity contribution in [2.45, 2.75) is 19.8 Å². The molecule has 0 radical (unpaired) electrons. The predicted octanol–water partition coefficient (Wildman–Crippen LogP) is 2.16. The zero-order valence-electron chi connectivity index (χ0n) is 8.71. The number of carbonyl (C=O) groups is 1. The van der Waals surface area contributed by atoms with E-state index < -0.39 is 11.8 Å². The predicted molar refractivity (Wildman–Crippen MR) is 53.6 cm³/mol. The van der Waals surface area contributed by atoms with Crippen molar-refractivity contribution in [3.63, 3.8) is 0 Å². The summed E-state index contributed by atoms with van der Waals surface area (Å²) in [6, 6.07) is 2.91. The van der Waals surface area contributed by atoms with Gasteiger partial charge in [-0.25, -0.2) is 4.39 Å². The normalized spacial score (nSPS) is 10.1. The molecule has 0 amide bonds. The zero-order chi connectivity index (χ0) is 11.4. The van der Waals surface area contributed by atoms with Gasteiger partial charge < -0.3 is 9.84 Å². The molecule has 3 nitrogen and oxygen atoms in total. The number of aryl methyl sites for hydroxylation is 2. The number of rotatable bonds is 4. The molecule has 0 aliphatic rings. The smallest absolute Gasteiger partial charge is 0.303 e. The molecule has 0 heterocycles. The summed E-state index contributed by atoms with van der Waals surface area (Å²) in [5.74, 6) is -0.867. The Hall–Kier alpha value is -1.58. The lowest BCUT2D eigenvalue weighted by Gasteiger charge is -2.08. The van der Waals surface area contributed by atoms with Gasteiger partial charge in [0.2, 0.25) is 0 Å². The molecular weight excluding hydrogens is 199 g/mol. The Morgan fingerprint density at radius 3 is 2.73 bits per heavy atom. The first-order valence-corrected chi connectivity index (χ1v) is 4.59. The summed E-state index contributed by atoms with van der Waals surface area (Å²) in [5, 5.41) is 8.49. The fraction of sp³-hybridized carbons (Fsp3) is 0.364. The molecule has 0 atom stereocenters. The summed E-state index contributed by atoms with van der Waals surface area (Å²) in [4.78, 5) is 10.3. The second-order valence-corrected chi connectivity index (χ2v) is 3.31. The number of carboxylic acid groups (broad SMARTS) is 1. The van der Waals surface area contributed by atoms with E-state index in [1.807, 2.05) is 0 Å². The number of hydrogen-bond acceptors (Lipinski definition) is 2. The topological polar surface area (TPSA) is 46.5 Å². The molecule has 0 unspecified atom stereocenters. The fourth-order valence-corrected chi connectivity index (χ4v) is 1.38. The molecule has 82 valence electrons. The van der Waals surface area contributed by atoms with Crippen molar-refractivity contribution in [1.29, 1.82) is 0 Å². The maximum Gasteiger partial charge on any atom is 0.303 e. The van der Waals surface area contributed by atoms with Gasteiger partial charge in [-0.3, -0.25) is 4.79 Å². The van der Waals surface area contributed by atoms with E-state index >= 15 is 0 Å². The maximum absolute atomic E-state index is 13.4. The number of carboxylic acids is 1. The monoisotopic (exact) mass is 212 g/mol. The molecule has 0 bridgehead atoms. The van der Waals surface area contributed by atoms with Crippen LogP contribution in [0.2, 0.25) is 0 Å². The highest BCUT2D eigenvalue weighted by atomic mass is 19.1. The molecule has 0 saturated heterocycles. The Balaban J connectivity index is 2.90. The van der Waals surface area contributed by atoms with E-state index in [-0.39, 0.29) is 12.8 Å². The average Bonchev–Trinajstić information content (AvgIpc) is 2.18. The van der Waals surface area contributed by atoms with Crippen molar-refractivity contribution in [2.24, 2.45) is 0 Å². The number of ether oxygens (including phenoxy) is 1. The van der Waals surface area contributed by atoms with Gasteiger partial charge in [-0.15, -0.1) is 0 Å². The Kier molecular flexibility index (Phi) is 3.66. The minimum Gasteiger partial charge on any atom is -0.496 e. The van der Waals surface area contributed by atoms with Gasteiger partial charge in [0.25, 0.3) is 0 Å². The lowest BCUT2D eigenvalue weighted by atomic mass is 10.1. The van der Waals surface area contributed by atoms with Crippen LogP contribution in [0.25, 0.3) is 0 Å². The van der Waals surface area contributed by atoms with Crippen LogP contribution in [0.15, 0.2) is 12.1 Å². The number of hydrogen-bond donors (Lipinski definition) is 1. The summed E-state index contributed by atoms with van der Waals surface area (Å²) in [6.45, 7) is 1.79. The minimum atomic E-state index is -0.928. The molecule has 0 fully saturated rings. The van der Waals surface area contributed by atoms with E-state index in [1.165, 1.54) is 13.2 Å². The Morgan fingerprint density at radius 1 is 1.53 bits per heavy atom. The molecule has 0 aliphatic carbocycles. The van der Waals surface area contributed by atoms with Crippen LogP contribution in [-0.4, -0.2) is 18.2 Å². The molecule has 0 aliphatic heterocycles. The van der Waals surface area contributed by atoms with E-state index in [0.717, 1.165) is 5.56 Å². The summed E-state index contributed by atoms with van der Waals surface area (Å²) < 4.78 is 18.3. The molecule has 0 spiro atoms. The van der Waals surface area contributed by atoms with Crippen molar-refractivity contribution in [3.8, 4) is 5.75 Å². The Morgan fingerprint density at radius 2 is 2.20 bits per heavy atom. The summed E-state index contributed by atoms with van der Waals surface area (Å²) >= 11 is 0. The molecule has 1 aromatic carbocycles. The first-order chi connectivity index (χ1) is 7.04. The number of methoxy groups -OCH3 is 1. The SMILES string of the molecule is COc1cc(F)c(CCC(=O)O)cc1C. The van der Waals surface area contributed by atoms with Gasteiger partial charge in [0.1, 0.15) is 11.6 Å². The van der Waals surface area contributed by atoms with Crippen LogP contribution in [0.1, 0.15) is 17.5 Å². The molecule has 15 heavy (non-hydrogen) atoms. The van der Waals surface area contributed by atoms with E-state index in [2.05, 4.69) is 0 Å². The van der Waals surface area contributed by atoms with Crippen LogP contribution in [0.3, 0.4) is 0 Å². The van der Waals surface area contributed by atoms with Gasteiger partial charge in [-0.2, -0.15) is 0 Å². The molecular formula is C11H13FO3. The first kappa shape index (κ1) is 11.5. The third-order valence-electron chi connectivity index (χ3n) is 2.17. The largest absolute Gasteiger partial charge is 0.496 e. The zero-order valence-corrected chi connectivity index (χ0v) is 8.71. The second-order valence-electron chi connectivity index (χ2n) is 3.31. The summed E-state index contributed by atoms with van der Waals surface area (Å²) in [7, 11) is 1.47. The summed E-state index contributed by atoms with van der Waals surface area (Å²) in [6.07, 6.45) is 0.134. The maximum atomic E-state index is 13.4. The highest BCUT2D eigenvalue weighted by Crippen LogP contribution is 2.22. The van der Waals surface area contributed by atoms with Crippen LogP contribution < -0.4 is 4.74 Å². The molecule has 0 aromatic heterocycles. The standard InChI is InChI=1S/C11H13FO3/c1-7-5-8(3-4-11(13)14)9(12)6-10(7)15-2/h5-6H,3-4H2,1-2H3,(H,13,14). The third kappa shape index (κ3) is 2.94. The Bertz CT molecular complexity index is 374. The molecule has 1 rings (SSSR count). The molecule has 1 N–H and O–H groups in total. The lowest BCUT2D eigenvalue weighted by Crippen LogP contribution is -2.00. The lowest BCUT2D eigenvalue weighted by molar-refractivity contribution is -0.136. The number of aliphatic carboxylic acids is 1. The Labute approximate surface area is 87.5 Å². The highest BCUT2D eigenvalue weighted by Gasteiger charge is 2.09. The van der Waals surface area contributed by atoms with Crippen molar-refractivity contribution in [3.05, 3.63) is 29.1 Å². The van der Waals surface area contributed by atoms with Gasteiger partial charge in [0.05, 0.1) is 7.11 Å². The van der Waals surface area contributed by atoms with Crippen LogP contribution in [0.5, 0.6) is 5.75 Å². The quantitative estimate of drug-likeness (QED) is 0.831. The van der Waals surface area contributed by atoms with E-state index in [9.17, 15) is 9.18 Å². The average molecular weight is 212 g/mol. The highest BCUT2D eigenvalue weighted by molar-refractivity contribution is 5.67. The van der Waals surface area contributed by atoms with Crippen LogP contribution in [0.4, 0.5) is 4.39 Å².